The van der Waals surface area contributed by atoms with Gasteiger partial charge < -0.3 is 15.5 Å². The molecule has 0 radical (unpaired) electrons. The van der Waals surface area contributed by atoms with Crippen molar-refractivity contribution in [2.45, 2.75) is 19.8 Å². The molecule has 2 saturated heterocycles. The summed E-state index contributed by atoms with van der Waals surface area (Å²) >= 11 is 11.9. The zero-order valence-electron chi connectivity index (χ0n) is 14.2. The number of carbonyl (C=O) groups is 2. The first kappa shape index (κ1) is 18.5. The van der Waals surface area contributed by atoms with Crippen molar-refractivity contribution in [1.29, 1.82) is 0 Å². The molecule has 5 nitrogen and oxygen atoms in total. The van der Waals surface area contributed by atoms with Crippen LogP contribution < -0.4 is 10.6 Å². The quantitative estimate of drug-likeness (QED) is 0.839. The number of likely N-dealkylation sites (tertiary alicyclic amines) is 1. The maximum atomic E-state index is 12.5. The molecule has 2 aliphatic heterocycles. The van der Waals surface area contributed by atoms with E-state index >= 15 is 0 Å². The van der Waals surface area contributed by atoms with Crippen LogP contribution in [0.4, 0.5) is 5.69 Å². The fourth-order valence-corrected chi connectivity index (χ4v) is 3.63. The molecule has 2 amide bonds. The Kier molecular flexibility index (Phi) is 5.87. The van der Waals surface area contributed by atoms with Gasteiger partial charge in [-0.25, -0.2) is 0 Å². The lowest BCUT2D eigenvalue weighted by atomic mass is 9.87. The topological polar surface area (TPSA) is 61.4 Å². The van der Waals surface area contributed by atoms with Crippen molar-refractivity contribution in [2.75, 3.05) is 31.5 Å². The lowest BCUT2D eigenvalue weighted by molar-refractivity contribution is -0.140. The molecule has 0 saturated carbocycles. The van der Waals surface area contributed by atoms with Crippen molar-refractivity contribution in [1.82, 2.24) is 10.2 Å². The molecule has 0 aliphatic carbocycles. The predicted octanol–water partition coefficient (Wildman–Crippen LogP) is 3.03. The molecule has 1 atom stereocenters. The maximum Gasteiger partial charge on any atom is 0.227 e. The number of nitrogens with zero attached hydrogens (tertiary/aromatic N) is 1. The van der Waals surface area contributed by atoms with E-state index in [9.17, 15) is 9.59 Å². The molecule has 0 bridgehead atoms. The molecule has 2 heterocycles. The highest BCUT2D eigenvalue weighted by molar-refractivity contribution is 6.42. The minimum Gasteiger partial charge on any atom is -0.342 e. The molecule has 25 heavy (non-hydrogen) atoms. The third-order valence-electron chi connectivity index (χ3n) is 5.27. The Labute approximate surface area is 158 Å². The van der Waals surface area contributed by atoms with Crippen LogP contribution in [-0.4, -0.2) is 42.9 Å². The lowest BCUT2D eigenvalue weighted by Crippen LogP contribution is -2.52. The third kappa shape index (κ3) is 4.27. The second kappa shape index (κ2) is 7.94. The van der Waals surface area contributed by atoms with E-state index in [1.54, 1.807) is 18.2 Å². The number of anilines is 1. The number of nitrogens with one attached hydrogen (secondary N) is 2. The summed E-state index contributed by atoms with van der Waals surface area (Å²) in [6.45, 7) is 5.15. The van der Waals surface area contributed by atoms with Gasteiger partial charge in [-0.1, -0.05) is 30.1 Å². The number of benzene rings is 1. The highest BCUT2D eigenvalue weighted by atomic mass is 35.5. The van der Waals surface area contributed by atoms with Gasteiger partial charge in [-0.15, -0.1) is 0 Å². The fraction of sp³-hybridized carbons (Fsp3) is 0.556. The Bertz CT molecular complexity index is 656. The molecule has 0 aromatic heterocycles. The van der Waals surface area contributed by atoms with Crippen LogP contribution in [0.2, 0.25) is 10.0 Å². The molecule has 0 spiro atoms. The number of rotatable bonds is 4. The summed E-state index contributed by atoms with van der Waals surface area (Å²) in [7, 11) is 0. The molecule has 2 fully saturated rings. The molecule has 1 aromatic rings. The average Bonchev–Trinajstić information content (AvgIpc) is 2.56. The Hall–Kier alpha value is -1.30. The molecule has 3 rings (SSSR count). The molecular formula is C18H23Cl2N3O2. The van der Waals surface area contributed by atoms with E-state index in [4.69, 9.17) is 23.2 Å². The normalized spacial score (nSPS) is 20.0. The van der Waals surface area contributed by atoms with Crippen molar-refractivity contribution in [3.05, 3.63) is 28.2 Å². The van der Waals surface area contributed by atoms with Crippen molar-refractivity contribution in [2.24, 2.45) is 17.8 Å². The average molecular weight is 384 g/mol. The summed E-state index contributed by atoms with van der Waals surface area (Å²) in [5.74, 6) is 0.613. The number of hydrogen-bond acceptors (Lipinski definition) is 3. The monoisotopic (exact) mass is 383 g/mol. The van der Waals surface area contributed by atoms with Crippen LogP contribution in [-0.2, 0) is 9.59 Å². The Morgan fingerprint density at radius 1 is 1.20 bits per heavy atom. The van der Waals surface area contributed by atoms with Gasteiger partial charge in [0.25, 0.3) is 0 Å². The largest absolute Gasteiger partial charge is 0.342 e. The molecule has 2 aliphatic rings. The second-order valence-corrected chi connectivity index (χ2v) is 7.74. The van der Waals surface area contributed by atoms with Gasteiger partial charge in [0.05, 0.1) is 10.0 Å². The molecule has 136 valence electrons. The molecule has 2 N–H and O–H groups in total. The zero-order chi connectivity index (χ0) is 18.0. The number of halogens is 2. The Morgan fingerprint density at radius 2 is 1.88 bits per heavy atom. The molecular weight excluding hydrogens is 361 g/mol. The standard InChI is InChI=1S/C18H23Cl2N3O2/c1-11(13-9-21-10-13)18(25)23-6-4-12(5-7-23)17(24)22-14-2-3-15(19)16(20)8-14/h2-3,8,11-13,21H,4-7,9-10H2,1H3,(H,22,24). The van der Waals surface area contributed by atoms with E-state index in [0.29, 0.717) is 47.6 Å². The lowest BCUT2D eigenvalue weighted by Gasteiger charge is -2.37. The van der Waals surface area contributed by atoms with E-state index in [1.807, 2.05) is 11.8 Å². The summed E-state index contributed by atoms with van der Waals surface area (Å²) in [4.78, 5) is 26.9. The van der Waals surface area contributed by atoms with Crippen LogP contribution >= 0.6 is 23.2 Å². The van der Waals surface area contributed by atoms with Crippen LogP contribution in [0.3, 0.4) is 0 Å². The smallest absolute Gasteiger partial charge is 0.227 e. The van der Waals surface area contributed by atoms with Gasteiger partial charge in [-0.05, 0) is 50.0 Å². The van der Waals surface area contributed by atoms with Crippen molar-refractivity contribution in [3.8, 4) is 0 Å². The van der Waals surface area contributed by atoms with Gasteiger partial charge >= 0.3 is 0 Å². The predicted molar refractivity (Wildman–Crippen MR) is 99.9 cm³/mol. The number of carbonyl (C=O) groups excluding carboxylic acids is 2. The SMILES string of the molecule is CC(C(=O)N1CCC(C(=O)Nc2ccc(Cl)c(Cl)c2)CC1)C1CNC1. The van der Waals surface area contributed by atoms with E-state index in [0.717, 1.165) is 13.1 Å². The molecule has 1 unspecified atom stereocenters. The first-order valence-electron chi connectivity index (χ1n) is 8.71. The highest BCUT2D eigenvalue weighted by Gasteiger charge is 2.34. The minimum absolute atomic E-state index is 0.0262. The summed E-state index contributed by atoms with van der Waals surface area (Å²) in [5, 5.41) is 6.98. The van der Waals surface area contributed by atoms with Crippen LogP contribution in [0.1, 0.15) is 19.8 Å². The zero-order valence-corrected chi connectivity index (χ0v) is 15.7. The minimum atomic E-state index is -0.0841. The van der Waals surface area contributed by atoms with E-state index < -0.39 is 0 Å². The summed E-state index contributed by atoms with van der Waals surface area (Å²) in [6, 6.07) is 5.05. The molecule has 7 heteroatoms. The van der Waals surface area contributed by atoms with Crippen LogP contribution in [0, 0.1) is 17.8 Å². The summed E-state index contributed by atoms with van der Waals surface area (Å²) < 4.78 is 0. The first-order valence-corrected chi connectivity index (χ1v) is 9.46. The van der Waals surface area contributed by atoms with Crippen LogP contribution in [0.25, 0.3) is 0 Å². The van der Waals surface area contributed by atoms with Gasteiger partial charge in [0.2, 0.25) is 11.8 Å². The number of amides is 2. The first-order chi connectivity index (χ1) is 12.0. The van der Waals surface area contributed by atoms with Crippen molar-refractivity contribution >= 4 is 40.7 Å². The summed E-state index contributed by atoms with van der Waals surface area (Å²) in [6.07, 6.45) is 1.38. The number of piperidine rings is 1. The third-order valence-corrected chi connectivity index (χ3v) is 6.01. The van der Waals surface area contributed by atoms with Gasteiger partial charge in [-0.3, -0.25) is 9.59 Å². The van der Waals surface area contributed by atoms with Gasteiger partial charge in [-0.2, -0.15) is 0 Å². The maximum absolute atomic E-state index is 12.5. The second-order valence-electron chi connectivity index (χ2n) is 6.92. The van der Waals surface area contributed by atoms with Crippen molar-refractivity contribution in [3.63, 3.8) is 0 Å². The molecule has 1 aromatic carbocycles. The van der Waals surface area contributed by atoms with Crippen molar-refractivity contribution < 1.29 is 9.59 Å². The van der Waals surface area contributed by atoms with Gasteiger partial charge in [0, 0.05) is 30.6 Å². The van der Waals surface area contributed by atoms with E-state index in [2.05, 4.69) is 10.6 Å². The van der Waals surface area contributed by atoms with Crippen LogP contribution in [0.15, 0.2) is 18.2 Å². The van der Waals surface area contributed by atoms with Gasteiger partial charge in [0.15, 0.2) is 0 Å². The fourth-order valence-electron chi connectivity index (χ4n) is 3.33. The summed E-state index contributed by atoms with van der Waals surface area (Å²) in [5.41, 5.74) is 0.643. The van der Waals surface area contributed by atoms with Gasteiger partial charge in [0.1, 0.15) is 0 Å². The van der Waals surface area contributed by atoms with E-state index in [1.165, 1.54) is 0 Å². The highest BCUT2D eigenvalue weighted by Crippen LogP contribution is 2.27. The van der Waals surface area contributed by atoms with E-state index in [-0.39, 0.29) is 23.7 Å². The Morgan fingerprint density at radius 3 is 2.44 bits per heavy atom. The number of hydrogen-bond donors (Lipinski definition) is 2. The Balaban J connectivity index is 1.50. The van der Waals surface area contributed by atoms with Crippen LogP contribution in [0.5, 0.6) is 0 Å².